The Labute approximate surface area is 326 Å². The molecule has 5 fully saturated rings. The van der Waals surface area contributed by atoms with E-state index in [1.54, 1.807) is 0 Å². The first kappa shape index (κ1) is 47.1. The molecule has 5 aliphatic heterocycles. The smallest absolute Gasteiger partial charge is 0.335 e. The second-order valence-corrected chi connectivity index (χ2v) is 14.3. The van der Waals surface area contributed by atoms with E-state index in [1.165, 1.54) is 0 Å². The van der Waals surface area contributed by atoms with Gasteiger partial charge in [0.2, 0.25) is 5.91 Å². The quantitative estimate of drug-likeness (QED) is 0.0818. The number of aliphatic hydroxyl groups is 14. The standard InChI is InChI=1S/C31H51NO26/c1-6(36)32-11-16(41)12(37)7(2-33)51-28(11)57-24-17(42)19(44)29(58-25(24)26(47)48)55-23-15(40)9(4-35)53-31(21(23)46)56-22-14(39)8(3-34)52-30(20(22)45)54-10-5-50-27(49)18(43)13(10)38/h7-25,27-31,33-35,37-46,49H,2-5H2,1H3,(H,32,36)(H,47,48)/t7-,8-,9-,10-,11-,12+,13+,14+,15+,16-,17-,18-,19-,20-,21-,22+,23+,24+,25+,27?,28+,29-,30+,31+/m1/s1. The highest BCUT2D eigenvalue weighted by molar-refractivity contribution is 5.74. The fraction of sp³-hybridized carbons (Fsp3) is 0.935. The van der Waals surface area contributed by atoms with Gasteiger partial charge in [-0.25, -0.2) is 4.79 Å². The zero-order valence-corrected chi connectivity index (χ0v) is 30.4. The number of ether oxygens (including phenoxy) is 9. The lowest BCUT2D eigenvalue weighted by atomic mass is 9.94. The molecule has 0 saturated carbocycles. The van der Waals surface area contributed by atoms with Gasteiger partial charge in [0, 0.05) is 6.92 Å². The van der Waals surface area contributed by atoms with Gasteiger partial charge in [0.15, 0.2) is 37.6 Å². The monoisotopic (exact) mass is 853 g/mol. The highest BCUT2D eigenvalue weighted by atomic mass is 16.8. The second-order valence-electron chi connectivity index (χ2n) is 14.3. The molecular formula is C31H51NO26. The van der Waals surface area contributed by atoms with E-state index in [9.17, 15) is 86.2 Å². The van der Waals surface area contributed by atoms with Crippen molar-refractivity contribution in [3.05, 3.63) is 0 Å². The highest BCUT2D eigenvalue weighted by Crippen LogP contribution is 2.35. The molecule has 5 rings (SSSR count). The maximum atomic E-state index is 12.4. The van der Waals surface area contributed by atoms with Gasteiger partial charge in [-0.15, -0.1) is 0 Å². The predicted molar refractivity (Wildman–Crippen MR) is 173 cm³/mol. The van der Waals surface area contributed by atoms with Crippen LogP contribution in [0.3, 0.4) is 0 Å². The van der Waals surface area contributed by atoms with Crippen LogP contribution in [0, 0.1) is 0 Å². The summed E-state index contributed by atoms with van der Waals surface area (Å²) in [4.78, 5) is 24.3. The van der Waals surface area contributed by atoms with Crippen molar-refractivity contribution in [2.24, 2.45) is 0 Å². The Morgan fingerprint density at radius 2 is 1.00 bits per heavy atom. The largest absolute Gasteiger partial charge is 0.479 e. The number of hydrogen-bond donors (Lipinski definition) is 16. The Kier molecular flexibility index (Phi) is 16.1. The van der Waals surface area contributed by atoms with E-state index in [0.717, 1.165) is 6.92 Å². The molecule has 0 aromatic carbocycles. The molecular weight excluding hydrogens is 802 g/mol. The van der Waals surface area contributed by atoms with Crippen molar-refractivity contribution in [3.63, 3.8) is 0 Å². The molecule has 58 heavy (non-hydrogen) atoms. The minimum Gasteiger partial charge on any atom is -0.479 e. The first-order valence-electron chi connectivity index (χ1n) is 18.0. The van der Waals surface area contributed by atoms with Gasteiger partial charge in [-0.05, 0) is 0 Å². The number of rotatable bonds is 13. The van der Waals surface area contributed by atoms with E-state index < -0.39 is 186 Å². The number of amides is 1. The average molecular weight is 854 g/mol. The summed E-state index contributed by atoms with van der Waals surface area (Å²) in [6.45, 7) is -2.31. The van der Waals surface area contributed by atoms with Crippen molar-refractivity contribution in [2.45, 2.75) is 154 Å². The van der Waals surface area contributed by atoms with E-state index >= 15 is 0 Å². The van der Waals surface area contributed by atoms with E-state index in [2.05, 4.69) is 5.32 Å². The van der Waals surface area contributed by atoms with Crippen LogP contribution in [-0.4, -0.2) is 262 Å². The number of carboxylic acid groups (broad SMARTS) is 1. The second kappa shape index (κ2) is 19.8. The Balaban J connectivity index is 1.32. The van der Waals surface area contributed by atoms with Crippen molar-refractivity contribution in [1.82, 2.24) is 5.32 Å². The van der Waals surface area contributed by atoms with Crippen LogP contribution in [0.2, 0.25) is 0 Å². The van der Waals surface area contributed by atoms with Gasteiger partial charge >= 0.3 is 5.97 Å². The topological polar surface area (TPSA) is 433 Å². The number of hydrogen-bond acceptors (Lipinski definition) is 25. The van der Waals surface area contributed by atoms with Gasteiger partial charge < -0.3 is 125 Å². The van der Waals surface area contributed by atoms with Crippen molar-refractivity contribution in [2.75, 3.05) is 26.4 Å². The van der Waals surface area contributed by atoms with Crippen LogP contribution in [0.4, 0.5) is 0 Å². The zero-order chi connectivity index (χ0) is 42.9. The van der Waals surface area contributed by atoms with Gasteiger partial charge in [0.05, 0.1) is 26.4 Å². The normalized spacial score (nSPS) is 50.3. The number of aliphatic hydroxyl groups excluding tert-OH is 14. The SMILES string of the molecule is CC(=O)N[C@H]1[C@H](O[C@H]2[C@H](O)[C@@H](O)[C@H](O[C@H]3[C@@H](O)[C@@H](CO)O[C@@H](O[C@H]4[C@@H](O)[C@@H](CO)O[C@@H](O[C@@H]5COC(O)[C@H](O)[C@H]5O)[C@@H]4O)[C@@H]3O)O[C@@H]2C(=O)O)O[C@H](CO)[C@H](O)[C@@H]1O. The molecule has 0 bridgehead atoms. The molecule has 336 valence electrons. The molecule has 27 nitrogen and oxygen atoms in total. The summed E-state index contributed by atoms with van der Waals surface area (Å²) in [5.41, 5.74) is 0. The molecule has 0 radical (unpaired) electrons. The Morgan fingerprint density at radius 1 is 0.534 bits per heavy atom. The molecule has 0 aliphatic carbocycles. The molecule has 5 heterocycles. The summed E-state index contributed by atoms with van der Waals surface area (Å²) < 4.78 is 48.9. The molecule has 5 saturated heterocycles. The number of carbonyl (C=O) groups is 2. The Morgan fingerprint density at radius 3 is 1.50 bits per heavy atom. The lowest BCUT2D eigenvalue weighted by Crippen LogP contribution is -2.69. The van der Waals surface area contributed by atoms with Crippen LogP contribution in [0.15, 0.2) is 0 Å². The number of carboxylic acids is 1. The summed E-state index contributed by atoms with van der Waals surface area (Å²) >= 11 is 0. The molecule has 1 amide bonds. The maximum Gasteiger partial charge on any atom is 0.335 e. The first-order chi connectivity index (χ1) is 27.3. The lowest BCUT2D eigenvalue weighted by Gasteiger charge is -2.49. The van der Waals surface area contributed by atoms with Crippen molar-refractivity contribution in [1.29, 1.82) is 0 Å². The van der Waals surface area contributed by atoms with E-state index in [-0.39, 0.29) is 0 Å². The number of carbonyl (C=O) groups excluding carboxylic acids is 1. The Hall–Kier alpha value is -1.98. The average Bonchev–Trinajstić information content (AvgIpc) is 3.18. The summed E-state index contributed by atoms with van der Waals surface area (Å²) in [6, 6.07) is -1.61. The van der Waals surface area contributed by atoms with Crippen molar-refractivity contribution in [3.8, 4) is 0 Å². The summed E-state index contributed by atoms with van der Waals surface area (Å²) in [7, 11) is 0. The summed E-state index contributed by atoms with van der Waals surface area (Å²) in [5, 5.41) is 159. The fourth-order valence-corrected chi connectivity index (χ4v) is 7.08. The summed E-state index contributed by atoms with van der Waals surface area (Å²) in [6.07, 6.45) is -44.4. The zero-order valence-electron chi connectivity index (χ0n) is 30.4. The first-order valence-corrected chi connectivity index (χ1v) is 18.0. The van der Waals surface area contributed by atoms with Crippen LogP contribution in [0.5, 0.6) is 0 Å². The molecule has 27 heteroatoms. The third-order valence-corrected chi connectivity index (χ3v) is 10.3. The van der Waals surface area contributed by atoms with Gasteiger partial charge in [0.1, 0.15) is 110 Å². The molecule has 0 spiro atoms. The molecule has 1 unspecified atom stereocenters. The number of nitrogens with one attached hydrogen (secondary N) is 1. The maximum absolute atomic E-state index is 12.4. The summed E-state index contributed by atoms with van der Waals surface area (Å²) in [5.74, 6) is -2.62. The number of aliphatic carboxylic acids is 1. The van der Waals surface area contributed by atoms with Crippen molar-refractivity contribution < 1.29 is 129 Å². The minimum atomic E-state index is -2.29. The highest BCUT2D eigenvalue weighted by Gasteiger charge is 2.57. The van der Waals surface area contributed by atoms with Gasteiger partial charge in [-0.3, -0.25) is 4.79 Å². The van der Waals surface area contributed by atoms with Crippen LogP contribution in [-0.2, 0) is 52.2 Å². The predicted octanol–water partition coefficient (Wildman–Crippen LogP) is -11.0. The van der Waals surface area contributed by atoms with Gasteiger partial charge in [-0.2, -0.15) is 0 Å². The van der Waals surface area contributed by atoms with Gasteiger partial charge in [0.25, 0.3) is 0 Å². The molecule has 5 aliphatic rings. The van der Waals surface area contributed by atoms with Crippen LogP contribution in [0.25, 0.3) is 0 Å². The molecule has 0 aromatic heterocycles. The molecule has 24 atom stereocenters. The lowest BCUT2D eigenvalue weighted by molar-refractivity contribution is -0.388. The molecule has 16 N–H and O–H groups in total. The third kappa shape index (κ3) is 9.72. The fourth-order valence-electron chi connectivity index (χ4n) is 7.08. The Bertz CT molecular complexity index is 1350. The van der Waals surface area contributed by atoms with E-state index in [4.69, 9.17) is 42.6 Å². The van der Waals surface area contributed by atoms with Crippen LogP contribution in [0.1, 0.15) is 6.92 Å². The van der Waals surface area contributed by atoms with Crippen LogP contribution < -0.4 is 5.32 Å². The van der Waals surface area contributed by atoms with Crippen molar-refractivity contribution >= 4 is 11.9 Å². The van der Waals surface area contributed by atoms with E-state index in [1.807, 2.05) is 0 Å². The third-order valence-electron chi connectivity index (χ3n) is 10.3. The van der Waals surface area contributed by atoms with Crippen LogP contribution >= 0.6 is 0 Å². The minimum absolute atomic E-state index is 0.522. The van der Waals surface area contributed by atoms with E-state index in [0.29, 0.717) is 0 Å². The molecule has 0 aromatic rings. The van der Waals surface area contributed by atoms with Gasteiger partial charge in [-0.1, -0.05) is 0 Å².